The molecule has 0 spiro atoms. The van der Waals surface area contributed by atoms with Gasteiger partial charge in [-0.3, -0.25) is 14.9 Å². The van der Waals surface area contributed by atoms with E-state index in [1.807, 2.05) is 0 Å². The Balaban J connectivity index is 1.79. The molecule has 3 rings (SSSR count). The predicted molar refractivity (Wildman–Crippen MR) is 149 cm³/mol. The molecule has 2 aromatic carbocycles. The molecule has 0 aliphatic heterocycles. The van der Waals surface area contributed by atoms with Gasteiger partial charge in [-0.25, -0.2) is 4.79 Å². The summed E-state index contributed by atoms with van der Waals surface area (Å²) in [6.45, 7) is 11.8. The van der Waals surface area contributed by atoms with Crippen LogP contribution in [-0.2, 0) is 9.53 Å². The van der Waals surface area contributed by atoms with Crippen molar-refractivity contribution in [3.05, 3.63) is 58.7 Å². The lowest BCUT2D eigenvalue weighted by atomic mass is 10.0. The molecule has 9 nitrogen and oxygen atoms in total. The fourth-order valence-corrected chi connectivity index (χ4v) is 3.66. The fourth-order valence-electron chi connectivity index (χ4n) is 3.43. The van der Waals surface area contributed by atoms with Crippen molar-refractivity contribution in [3.8, 4) is 11.3 Å². The third-order valence-electron chi connectivity index (χ3n) is 5.14. The lowest BCUT2D eigenvalue weighted by Crippen LogP contribution is -2.28. The Bertz CT molecular complexity index is 1330. The first-order valence-electron chi connectivity index (χ1n) is 12.2. The van der Waals surface area contributed by atoms with Crippen LogP contribution in [0.5, 0.6) is 0 Å². The van der Waals surface area contributed by atoms with Crippen molar-refractivity contribution in [2.24, 2.45) is 5.92 Å². The van der Waals surface area contributed by atoms with Crippen molar-refractivity contribution >= 4 is 46.4 Å². The number of anilines is 3. The number of nitrogens with one attached hydrogen (secondary N) is 3. The number of aryl methyl sites for hydroxylation is 1. The van der Waals surface area contributed by atoms with Crippen molar-refractivity contribution in [3.63, 3.8) is 0 Å². The maximum absolute atomic E-state index is 12.9. The number of ketones is 1. The Morgan fingerprint density at radius 2 is 1.74 bits per heavy atom. The van der Waals surface area contributed by atoms with Crippen molar-refractivity contribution in [1.82, 2.24) is 5.16 Å². The number of aromatic nitrogens is 1. The summed E-state index contributed by atoms with van der Waals surface area (Å²) in [4.78, 5) is 38.2. The second kappa shape index (κ2) is 12.1. The van der Waals surface area contributed by atoms with E-state index in [-0.39, 0.29) is 17.2 Å². The van der Waals surface area contributed by atoms with Gasteiger partial charge in [0.2, 0.25) is 5.91 Å². The number of carbonyl (C=O) groups is 3. The summed E-state index contributed by atoms with van der Waals surface area (Å²) in [5, 5.41) is 12.8. The molecule has 0 atom stereocenters. The Morgan fingerprint density at radius 1 is 1.03 bits per heavy atom. The standard InChI is InChI=1S/C28H33ClN4O5/c1-16(2)15-30-21-13-23(32-27(36)37-28(4,5)6)22(12-20(21)29)31-26(35)14-24(34)18-8-7-9-19(11-18)25-10-17(3)33-38-25/h7-13,16,30H,14-15H2,1-6H3,(H,31,35)(H,32,36). The van der Waals surface area contributed by atoms with Crippen LogP contribution in [0, 0.1) is 12.8 Å². The quantitative estimate of drug-likeness (QED) is 0.198. The van der Waals surface area contributed by atoms with E-state index in [0.717, 1.165) is 5.69 Å². The van der Waals surface area contributed by atoms with Gasteiger partial charge in [-0.15, -0.1) is 0 Å². The highest BCUT2D eigenvalue weighted by molar-refractivity contribution is 6.34. The summed E-state index contributed by atoms with van der Waals surface area (Å²) < 4.78 is 10.6. The molecule has 0 saturated carbocycles. The molecule has 0 radical (unpaired) electrons. The maximum atomic E-state index is 12.9. The summed E-state index contributed by atoms with van der Waals surface area (Å²) in [6, 6.07) is 11.7. The topological polar surface area (TPSA) is 123 Å². The van der Waals surface area contributed by atoms with Crippen molar-refractivity contribution in [2.45, 2.75) is 53.6 Å². The lowest BCUT2D eigenvalue weighted by molar-refractivity contribution is -0.115. The van der Waals surface area contributed by atoms with Gasteiger partial charge in [0.25, 0.3) is 0 Å². The number of ether oxygens (including phenoxy) is 1. The minimum atomic E-state index is -0.718. The smallest absolute Gasteiger partial charge is 0.412 e. The first-order valence-corrected chi connectivity index (χ1v) is 12.6. The van der Waals surface area contributed by atoms with Crippen LogP contribution in [0.25, 0.3) is 11.3 Å². The number of benzene rings is 2. The molecule has 0 unspecified atom stereocenters. The SMILES string of the molecule is Cc1cc(-c2cccc(C(=O)CC(=O)Nc3cc(Cl)c(NCC(C)C)cc3NC(=O)OC(C)(C)C)c2)on1. The van der Waals surface area contributed by atoms with E-state index >= 15 is 0 Å². The normalized spacial score (nSPS) is 11.3. The van der Waals surface area contributed by atoms with Crippen LogP contribution in [0.15, 0.2) is 47.0 Å². The van der Waals surface area contributed by atoms with Gasteiger partial charge in [-0.05, 0) is 51.8 Å². The molecule has 0 aliphatic carbocycles. The van der Waals surface area contributed by atoms with Gasteiger partial charge >= 0.3 is 6.09 Å². The molecule has 0 aliphatic rings. The first kappa shape index (κ1) is 28.7. The van der Waals surface area contributed by atoms with Crippen LogP contribution in [0.3, 0.4) is 0 Å². The summed E-state index contributed by atoms with van der Waals surface area (Å²) >= 11 is 6.45. The molecule has 0 fully saturated rings. The molecule has 2 amide bonds. The molecule has 1 aromatic heterocycles. The highest BCUT2D eigenvalue weighted by Gasteiger charge is 2.20. The van der Waals surface area contributed by atoms with Crippen molar-refractivity contribution < 1.29 is 23.6 Å². The van der Waals surface area contributed by atoms with Gasteiger partial charge in [0.1, 0.15) is 5.60 Å². The molecular formula is C28H33ClN4O5. The van der Waals surface area contributed by atoms with Crippen LogP contribution < -0.4 is 16.0 Å². The molecule has 0 saturated heterocycles. The minimum Gasteiger partial charge on any atom is -0.444 e. The number of amides is 2. The zero-order valence-corrected chi connectivity index (χ0v) is 23.2. The fraction of sp³-hybridized carbons (Fsp3) is 0.357. The summed E-state index contributed by atoms with van der Waals surface area (Å²) in [6.07, 6.45) is -1.11. The number of hydrogen-bond donors (Lipinski definition) is 3. The molecule has 3 aromatic rings. The highest BCUT2D eigenvalue weighted by atomic mass is 35.5. The third kappa shape index (κ3) is 8.34. The lowest BCUT2D eigenvalue weighted by Gasteiger charge is -2.21. The highest BCUT2D eigenvalue weighted by Crippen LogP contribution is 2.34. The number of rotatable bonds is 9. The summed E-state index contributed by atoms with van der Waals surface area (Å²) in [7, 11) is 0. The van der Waals surface area contributed by atoms with E-state index in [2.05, 4.69) is 35.0 Å². The minimum absolute atomic E-state index is 0.236. The largest absolute Gasteiger partial charge is 0.444 e. The molecule has 38 heavy (non-hydrogen) atoms. The van der Waals surface area contributed by atoms with Gasteiger partial charge < -0.3 is 19.9 Å². The van der Waals surface area contributed by atoms with Gasteiger partial charge in [0.15, 0.2) is 11.5 Å². The van der Waals surface area contributed by atoms with E-state index in [0.29, 0.717) is 40.1 Å². The average Bonchev–Trinajstić information content (AvgIpc) is 3.25. The number of carbonyl (C=O) groups excluding carboxylic acids is 3. The second-order valence-electron chi connectivity index (χ2n) is 10.3. The number of Topliss-reactive ketones (excluding diaryl/α,β-unsaturated/α-hetero) is 1. The number of halogens is 1. The zero-order chi connectivity index (χ0) is 28.0. The molecule has 202 valence electrons. The molecule has 0 bridgehead atoms. The second-order valence-corrected chi connectivity index (χ2v) is 10.7. The number of hydrogen-bond acceptors (Lipinski definition) is 7. The first-order chi connectivity index (χ1) is 17.8. The Hall–Kier alpha value is -3.85. The maximum Gasteiger partial charge on any atom is 0.412 e. The van der Waals surface area contributed by atoms with Crippen LogP contribution in [0.2, 0.25) is 5.02 Å². The van der Waals surface area contributed by atoms with E-state index in [1.54, 1.807) is 64.1 Å². The van der Waals surface area contributed by atoms with Gasteiger partial charge in [-0.2, -0.15) is 0 Å². The molecule has 3 N–H and O–H groups in total. The average molecular weight is 541 g/mol. The van der Waals surface area contributed by atoms with Crippen LogP contribution in [0.1, 0.15) is 57.1 Å². The van der Waals surface area contributed by atoms with Gasteiger partial charge in [0, 0.05) is 23.7 Å². The predicted octanol–water partition coefficient (Wildman–Crippen LogP) is 6.93. The van der Waals surface area contributed by atoms with Crippen LogP contribution >= 0.6 is 11.6 Å². The van der Waals surface area contributed by atoms with Gasteiger partial charge in [-0.1, -0.05) is 48.8 Å². The van der Waals surface area contributed by atoms with Crippen molar-refractivity contribution in [2.75, 3.05) is 22.5 Å². The number of nitrogens with zero attached hydrogens (tertiary/aromatic N) is 1. The van der Waals surface area contributed by atoms with Crippen LogP contribution in [0.4, 0.5) is 21.9 Å². The Labute approximate surface area is 227 Å². The van der Waals surface area contributed by atoms with E-state index in [9.17, 15) is 14.4 Å². The van der Waals surface area contributed by atoms with Crippen LogP contribution in [-0.4, -0.2) is 35.1 Å². The van der Waals surface area contributed by atoms with E-state index in [4.69, 9.17) is 20.9 Å². The van der Waals surface area contributed by atoms with Gasteiger partial charge in [0.05, 0.1) is 34.2 Å². The Kier molecular flexibility index (Phi) is 9.17. The van der Waals surface area contributed by atoms with E-state index < -0.39 is 24.0 Å². The molecular weight excluding hydrogens is 508 g/mol. The third-order valence-corrected chi connectivity index (χ3v) is 5.45. The zero-order valence-electron chi connectivity index (χ0n) is 22.4. The van der Waals surface area contributed by atoms with E-state index in [1.165, 1.54) is 6.07 Å². The summed E-state index contributed by atoms with van der Waals surface area (Å²) in [5.41, 5.74) is 2.13. The molecule has 10 heteroatoms. The molecule has 1 heterocycles. The monoisotopic (exact) mass is 540 g/mol. The summed E-state index contributed by atoms with van der Waals surface area (Å²) in [5.74, 6) is -0.0729. The Morgan fingerprint density at radius 3 is 2.37 bits per heavy atom. The van der Waals surface area contributed by atoms with Crippen molar-refractivity contribution in [1.29, 1.82) is 0 Å².